The van der Waals surface area contributed by atoms with Gasteiger partial charge in [0.05, 0.1) is 11.4 Å². The molecule has 128 valence electrons. The molecule has 2 amide bonds. The minimum atomic E-state index is -0.411. The van der Waals surface area contributed by atoms with Gasteiger partial charge in [-0.2, -0.15) is 0 Å². The van der Waals surface area contributed by atoms with Gasteiger partial charge in [-0.05, 0) is 48.2 Å². The van der Waals surface area contributed by atoms with Crippen LogP contribution in [0.2, 0.25) is 5.02 Å². The fraction of sp³-hybridized carbons (Fsp3) is 0.111. The molecular formula is C18H14ClNO4S. The van der Waals surface area contributed by atoms with Crippen LogP contribution in [-0.4, -0.2) is 34.3 Å². The lowest BCUT2D eigenvalue weighted by Crippen LogP contribution is -2.32. The summed E-state index contributed by atoms with van der Waals surface area (Å²) in [6.07, 6.45) is 1.46. The molecule has 3 rings (SSSR count). The number of imide groups is 1. The molecule has 1 aliphatic rings. The van der Waals surface area contributed by atoms with Gasteiger partial charge in [0.1, 0.15) is 18.1 Å². The molecule has 1 saturated heterocycles. The van der Waals surface area contributed by atoms with E-state index in [1.165, 1.54) is 18.2 Å². The van der Waals surface area contributed by atoms with Crippen molar-refractivity contribution < 1.29 is 19.4 Å². The summed E-state index contributed by atoms with van der Waals surface area (Å²) in [5, 5.41) is 9.90. The van der Waals surface area contributed by atoms with E-state index < -0.39 is 5.91 Å². The minimum absolute atomic E-state index is 0.0105. The number of phenols is 1. The number of hydrogen-bond acceptors (Lipinski definition) is 5. The van der Waals surface area contributed by atoms with E-state index in [1.54, 1.807) is 18.2 Å². The topological polar surface area (TPSA) is 66.8 Å². The maximum Gasteiger partial charge on any atom is 0.293 e. The average Bonchev–Trinajstić information content (AvgIpc) is 2.86. The Kier molecular flexibility index (Phi) is 5.31. The van der Waals surface area contributed by atoms with Gasteiger partial charge in [0.2, 0.25) is 0 Å². The molecule has 0 spiro atoms. The van der Waals surface area contributed by atoms with Crippen LogP contribution in [0.3, 0.4) is 0 Å². The summed E-state index contributed by atoms with van der Waals surface area (Å²) in [6, 6.07) is 13.7. The number of nitrogens with zero attached hydrogens (tertiary/aromatic N) is 1. The zero-order valence-corrected chi connectivity index (χ0v) is 14.6. The highest BCUT2D eigenvalue weighted by Crippen LogP contribution is 2.34. The minimum Gasteiger partial charge on any atom is -0.507 e. The van der Waals surface area contributed by atoms with E-state index in [1.807, 2.05) is 18.2 Å². The molecular weight excluding hydrogens is 362 g/mol. The average molecular weight is 376 g/mol. The quantitative estimate of drug-likeness (QED) is 0.795. The Morgan fingerprint density at radius 1 is 1.16 bits per heavy atom. The lowest BCUT2D eigenvalue weighted by molar-refractivity contribution is -0.123. The Hall–Kier alpha value is -2.44. The number of hydrogen-bond donors (Lipinski definition) is 1. The van der Waals surface area contributed by atoms with E-state index >= 15 is 0 Å². The van der Waals surface area contributed by atoms with Crippen LogP contribution < -0.4 is 4.74 Å². The zero-order valence-electron chi connectivity index (χ0n) is 13.0. The Labute approximate surface area is 153 Å². The number of thioether (sulfide) groups is 1. The van der Waals surface area contributed by atoms with Crippen molar-refractivity contribution in [2.24, 2.45) is 0 Å². The summed E-state index contributed by atoms with van der Waals surface area (Å²) in [6.45, 7) is 0.357. The molecule has 0 aliphatic carbocycles. The van der Waals surface area contributed by atoms with Crippen molar-refractivity contribution in [3.63, 3.8) is 0 Å². The zero-order chi connectivity index (χ0) is 17.8. The maximum absolute atomic E-state index is 12.4. The Balaban J connectivity index is 1.67. The highest BCUT2D eigenvalue weighted by Gasteiger charge is 2.34. The second-order valence-corrected chi connectivity index (χ2v) is 6.63. The number of ether oxygens (including phenoxy) is 1. The summed E-state index contributed by atoms with van der Waals surface area (Å²) in [5.41, 5.74) is 0.388. The van der Waals surface area contributed by atoms with Crippen molar-refractivity contribution in [1.29, 1.82) is 0 Å². The predicted octanol–water partition coefficient (Wildman–Crippen LogP) is 4.16. The normalized spacial score (nSPS) is 15.9. The Morgan fingerprint density at radius 2 is 1.92 bits per heavy atom. The van der Waals surface area contributed by atoms with Gasteiger partial charge in [0.15, 0.2) is 0 Å². The number of carbonyl (C=O) groups excluding carboxylic acids is 2. The number of amides is 2. The van der Waals surface area contributed by atoms with Gasteiger partial charge in [0, 0.05) is 10.6 Å². The number of halogens is 1. The van der Waals surface area contributed by atoms with E-state index in [0.29, 0.717) is 16.3 Å². The standard InChI is InChI=1S/C18H14ClNO4S/c19-13-6-7-15(21)12(10-13)11-16-17(22)20(18(23)25-16)8-9-24-14-4-2-1-3-5-14/h1-7,10-11,21H,8-9H2/b16-11-. The van der Waals surface area contributed by atoms with Gasteiger partial charge >= 0.3 is 0 Å². The molecule has 25 heavy (non-hydrogen) atoms. The first-order chi connectivity index (χ1) is 12.0. The molecule has 0 saturated carbocycles. The van der Waals surface area contributed by atoms with Crippen molar-refractivity contribution in [3.05, 3.63) is 64.0 Å². The molecule has 1 aliphatic heterocycles. The number of rotatable bonds is 5. The number of carbonyl (C=O) groups is 2. The SMILES string of the molecule is O=C1S/C(=C\c2cc(Cl)ccc2O)C(=O)N1CCOc1ccccc1. The first kappa shape index (κ1) is 17.4. The van der Waals surface area contributed by atoms with E-state index in [9.17, 15) is 14.7 Å². The van der Waals surface area contributed by atoms with Crippen LogP contribution in [0.15, 0.2) is 53.4 Å². The molecule has 0 aromatic heterocycles. The molecule has 1 N–H and O–H groups in total. The Bertz CT molecular complexity index is 838. The first-order valence-electron chi connectivity index (χ1n) is 7.46. The van der Waals surface area contributed by atoms with Gasteiger partial charge in [-0.15, -0.1) is 0 Å². The number of benzene rings is 2. The third kappa shape index (κ3) is 4.15. The van der Waals surface area contributed by atoms with E-state index in [2.05, 4.69) is 0 Å². The van der Waals surface area contributed by atoms with Crippen molar-refractivity contribution in [2.75, 3.05) is 13.2 Å². The van der Waals surface area contributed by atoms with Crippen LogP contribution in [0.1, 0.15) is 5.56 Å². The van der Waals surface area contributed by atoms with E-state index in [0.717, 1.165) is 16.7 Å². The second kappa shape index (κ2) is 7.63. The highest BCUT2D eigenvalue weighted by molar-refractivity contribution is 8.18. The van der Waals surface area contributed by atoms with Crippen molar-refractivity contribution in [2.45, 2.75) is 0 Å². The highest BCUT2D eigenvalue weighted by atomic mass is 35.5. The smallest absolute Gasteiger partial charge is 0.293 e. The van der Waals surface area contributed by atoms with Crippen molar-refractivity contribution in [1.82, 2.24) is 4.90 Å². The van der Waals surface area contributed by atoms with Crippen LogP contribution in [0.25, 0.3) is 6.08 Å². The lowest BCUT2D eigenvalue weighted by Gasteiger charge is -2.13. The van der Waals surface area contributed by atoms with Crippen LogP contribution >= 0.6 is 23.4 Å². The van der Waals surface area contributed by atoms with Crippen LogP contribution in [-0.2, 0) is 4.79 Å². The van der Waals surface area contributed by atoms with Crippen LogP contribution in [0.5, 0.6) is 11.5 Å². The first-order valence-corrected chi connectivity index (χ1v) is 8.66. The van der Waals surface area contributed by atoms with E-state index in [-0.39, 0.29) is 29.0 Å². The number of phenolic OH excluding ortho intramolecular Hbond substituents is 1. The maximum atomic E-state index is 12.4. The summed E-state index contributed by atoms with van der Waals surface area (Å²) >= 11 is 6.72. The predicted molar refractivity (Wildman–Crippen MR) is 97.7 cm³/mol. The summed E-state index contributed by atoms with van der Waals surface area (Å²) in [5.74, 6) is 0.253. The third-order valence-corrected chi connectivity index (χ3v) is 4.62. The molecule has 0 unspecified atom stereocenters. The fourth-order valence-corrected chi connectivity index (χ4v) is 3.28. The number of para-hydroxylation sites is 1. The van der Waals surface area contributed by atoms with Gasteiger partial charge in [0.25, 0.3) is 11.1 Å². The summed E-state index contributed by atoms with van der Waals surface area (Å²) < 4.78 is 5.52. The van der Waals surface area contributed by atoms with Gasteiger partial charge in [-0.25, -0.2) is 0 Å². The molecule has 1 fully saturated rings. The molecule has 0 atom stereocenters. The third-order valence-electron chi connectivity index (χ3n) is 3.48. The molecule has 7 heteroatoms. The van der Waals surface area contributed by atoms with Crippen LogP contribution in [0, 0.1) is 0 Å². The summed E-state index contributed by atoms with van der Waals surface area (Å²) in [7, 11) is 0. The Morgan fingerprint density at radius 3 is 2.68 bits per heavy atom. The summed E-state index contributed by atoms with van der Waals surface area (Å²) in [4.78, 5) is 25.8. The van der Waals surface area contributed by atoms with E-state index in [4.69, 9.17) is 16.3 Å². The van der Waals surface area contributed by atoms with Gasteiger partial charge in [-0.1, -0.05) is 29.8 Å². The van der Waals surface area contributed by atoms with Gasteiger partial charge < -0.3 is 9.84 Å². The molecule has 0 bridgehead atoms. The van der Waals surface area contributed by atoms with Crippen molar-refractivity contribution >= 4 is 40.6 Å². The lowest BCUT2D eigenvalue weighted by atomic mass is 10.2. The molecule has 2 aromatic carbocycles. The second-order valence-electron chi connectivity index (χ2n) is 5.20. The molecule has 2 aromatic rings. The van der Waals surface area contributed by atoms with Gasteiger partial charge in [-0.3, -0.25) is 14.5 Å². The number of aromatic hydroxyl groups is 1. The van der Waals surface area contributed by atoms with Crippen LogP contribution in [0.4, 0.5) is 4.79 Å². The fourth-order valence-electron chi connectivity index (χ4n) is 2.25. The van der Waals surface area contributed by atoms with Crippen molar-refractivity contribution in [3.8, 4) is 11.5 Å². The molecule has 5 nitrogen and oxygen atoms in total. The monoisotopic (exact) mass is 375 g/mol. The molecule has 1 heterocycles. The molecule has 0 radical (unpaired) electrons. The largest absolute Gasteiger partial charge is 0.507 e.